The van der Waals surface area contributed by atoms with E-state index in [-0.39, 0.29) is 0 Å². The van der Waals surface area contributed by atoms with E-state index in [0.717, 1.165) is 24.3 Å². The Balaban J connectivity index is 0.000000394. The van der Waals surface area contributed by atoms with Crippen molar-refractivity contribution < 1.29 is 15.0 Å². The van der Waals surface area contributed by atoms with E-state index in [1.54, 1.807) is 6.07 Å². The molecule has 0 bridgehead atoms. The van der Waals surface area contributed by atoms with Gasteiger partial charge in [0, 0.05) is 6.42 Å². The van der Waals surface area contributed by atoms with Gasteiger partial charge >= 0.3 is 5.97 Å². The first-order valence-electron chi connectivity index (χ1n) is 7.81. The number of phenolic OH excluding ortho intramolecular Hbond substituents is 1. The number of aliphatic carboxylic acids is 1. The van der Waals surface area contributed by atoms with Crippen molar-refractivity contribution in [2.45, 2.75) is 66.2 Å². The van der Waals surface area contributed by atoms with Crippen molar-refractivity contribution in [2.24, 2.45) is 5.92 Å². The van der Waals surface area contributed by atoms with Crippen LogP contribution in [0.15, 0.2) is 18.2 Å². The summed E-state index contributed by atoms with van der Waals surface area (Å²) in [6, 6.07) is 5.56. The average molecular weight is 294 g/mol. The standard InChI is InChI=1S/C10H20O2.C8H10O/c1-9(2)7-5-3-4-6-8-10(11)12;1-6-3-4-8(9)7(2)5-6/h9H,3-8H2,1-2H3,(H,11,12);3-5,9H,1-2H3. The number of phenols is 1. The number of benzene rings is 1. The molecule has 0 aliphatic heterocycles. The van der Waals surface area contributed by atoms with Gasteiger partial charge in [0.1, 0.15) is 5.75 Å². The third-order valence-corrected chi connectivity index (χ3v) is 3.27. The fraction of sp³-hybridized carbons (Fsp3) is 0.611. The molecule has 0 spiro atoms. The average Bonchev–Trinajstić information content (AvgIpc) is 2.38. The smallest absolute Gasteiger partial charge is 0.303 e. The Morgan fingerprint density at radius 1 is 1.10 bits per heavy atom. The number of carbonyl (C=O) groups is 1. The number of aromatic hydroxyl groups is 1. The number of aryl methyl sites for hydroxylation is 2. The Morgan fingerprint density at radius 3 is 2.19 bits per heavy atom. The molecular weight excluding hydrogens is 264 g/mol. The van der Waals surface area contributed by atoms with Crippen LogP contribution in [0.3, 0.4) is 0 Å². The molecule has 3 nitrogen and oxygen atoms in total. The van der Waals surface area contributed by atoms with Gasteiger partial charge in [0.2, 0.25) is 0 Å². The van der Waals surface area contributed by atoms with Gasteiger partial charge in [0.25, 0.3) is 0 Å². The highest BCUT2D eigenvalue weighted by Crippen LogP contribution is 2.15. The van der Waals surface area contributed by atoms with Gasteiger partial charge in [-0.2, -0.15) is 0 Å². The summed E-state index contributed by atoms with van der Waals surface area (Å²) in [5, 5.41) is 17.4. The molecule has 2 N–H and O–H groups in total. The first-order valence-corrected chi connectivity index (χ1v) is 7.81. The van der Waals surface area contributed by atoms with E-state index >= 15 is 0 Å². The van der Waals surface area contributed by atoms with Crippen LogP contribution in [-0.2, 0) is 4.79 Å². The second kappa shape index (κ2) is 11.2. The van der Waals surface area contributed by atoms with Gasteiger partial charge < -0.3 is 10.2 Å². The molecule has 0 atom stereocenters. The van der Waals surface area contributed by atoms with Gasteiger partial charge in [-0.1, -0.05) is 57.2 Å². The highest BCUT2D eigenvalue weighted by Gasteiger charge is 1.97. The van der Waals surface area contributed by atoms with Crippen LogP contribution >= 0.6 is 0 Å². The zero-order valence-electron chi connectivity index (χ0n) is 13.9. The lowest BCUT2D eigenvalue weighted by atomic mass is 10.0. The molecule has 1 aromatic rings. The predicted molar refractivity (Wildman–Crippen MR) is 87.8 cm³/mol. The first-order chi connectivity index (χ1) is 9.82. The van der Waals surface area contributed by atoms with Crippen molar-refractivity contribution in [1.82, 2.24) is 0 Å². The fourth-order valence-electron chi connectivity index (χ4n) is 1.99. The zero-order chi connectivity index (χ0) is 16.3. The molecular formula is C18H30O3. The van der Waals surface area contributed by atoms with Crippen molar-refractivity contribution in [3.8, 4) is 5.75 Å². The van der Waals surface area contributed by atoms with Crippen molar-refractivity contribution in [3.05, 3.63) is 29.3 Å². The molecule has 0 fully saturated rings. The fourth-order valence-corrected chi connectivity index (χ4v) is 1.99. The number of carboxylic acids is 1. The summed E-state index contributed by atoms with van der Waals surface area (Å²) >= 11 is 0. The topological polar surface area (TPSA) is 57.5 Å². The summed E-state index contributed by atoms with van der Waals surface area (Å²) in [5.74, 6) is 0.490. The number of carboxylic acid groups (broad SMARTS) is 1. The third kappa shape index (κ3) is 12.0. The minimum Gasteiger partial charge on any atom is -0.508 e. The predicted octanol–water partition coefficient (Wildman–Crippen LogP) is 5.08. The largest absolute Gasteiger partial charge is 0.508 e. The summed E-state index contributed by atoms with van der Waals surface area (Å²) in [7, 11) is 0. The summed E-state index contributed by atoms with van der Waals surface area (Å²) in [6.07, 6.45) is 5.95. The normalized spacial score (nSPS) is 10.1. The van der Waals surface area contributed by atoms with Crippen molar-refractivity contribution >= 4 is 5.97 Å². The van der Waals surface area contributed by atoms with E-state index in [9.17, 15) is 4.79 Å². The van der Waals surface area contributed by atoms with Gasteiger partial charge in [-0.15, -0.1) is 0 Å². The lowest BCUT2D eigenvalue weighted by molar-refractivity contribution is -0.137. The molecule has 0 aromatic heterocycles. The van der Waals surface area contributed by atoms with E-state index in [0.29, 0.717) is 12.2 Å². The quantitative estimate of drug-likeness (QED) is 0.690. The highest BCUT2D eigenvalue weighted by molar-refractivity contribution is 5.66. The first kappa shape index (κ1) is 19.5. The van der Waals surface area contributed by atoms with Crippen LogP contribution in [-0.4, -0.2) is 16.2 Å². The third-order valence-electron chi connectivity index (χ3n) is 3.27. The lowest BCUT2D eigenvalue weighted by Gasteiger charge is -2.02. The molecule has 1 rings (SSSR count). The molecule has 1 aromatic carbocycles. The SMILES string of the molecule is CC(C)CCCCCCC(=O)O.Cc1ccc(O)c(C)c1. The number of unbranched alkanes of at least 4 members (excludes halogenated alkanes) is 3. The second-order valence-electron chi connectivity index (χ2n) is 6.03. The minimum absolute atomic E-state index is 0.335. The Labute approximate surface area is 129 Å². The molecule has 0 saturated carbocycles. The van der Waals surface area contributed by atoms with Crippen molar-refractivity contribution in [1.29, 1.82) is 0 Å². The number of hydrogen-bond acceptors (Lipinski definition) is 2. The number of rotatable bonds is 7. The van der Waals surface area contributed by atoms with Crippen LogP contribution in [0.25, 0.3) is 0 Å². The lowest BCUT2D eigenvalue weighted by Crippen LogP contribution is -1.94. The Bertz CT molecular complexity index is 411. The van der Waals surface area contributed by atoms with Gasteiger partial charge in [-0.3, -0.25) is 4.79 Å². The van der Waals surface area contributed by atoms with Crippen molar-refractivity contribution in [3.63, 3.8) is 0 Å². The summed E-state index contributed by atoms with van der Waals surface area (Å²) in [4.78, 5) is 10.1. The highest BCUT2D eigenvalue weighted by atomic mass is 16.4. The van der Waals surface area contributed by atoms with Crippen LogP contribution < -0.4 is 0 Å². The van der Waals surface area contributed by atoms with Crippen LogP contribution in [0.1, 0.15) is 63.5 Å². The van der Waals surface area contributed by atoms with E-state index in [1.165, 1.54) is 24.8 Å². The monoisotopic (exact) mass is 294 g/mol. The van der Waals surface area contributed by atoms with Gasteiger partial charge in [-0.05, 0) is 37.8 Å². The second-order valence-corrected chi connectivity index (χ2v) is 6.03. The minimum atomic E-state index is -0.668. The number of hydrogen-bond donors (Lipinski definition) is 2. The molecule has 0 heterocycles. The van der Waals surface area contributed by atoms with Crippen molar-refractivity contribution in [2.75, 3.05) is 0 Å². The van der Waals surface area contributed by atoms with Gasteiger partial charge in [-0.25, -0.2) is 0 Å². The summed E-state index contributed by atoms with van der Waals surface area (Å²) < 4.78 is 0. The summed E-state index contributed by atoms with van der Waals surface area (Å²) in [5.41, 5.74) is 2.13. The molecule has 21 heavy (non-hydrogen) atoms. The van der Waals surface area contributed by atoms with E-state index in [2.05, 4.69) is 13.8 Å². The molecule has 0 amide bonds. The molecule has 3 heteroatoms. The van der Waals surface area contributed by atoms with Crippen LogP contribution in [0.2, 0.25) is 0 Å². The summed E-state index contributed by atoms with van der Waals surface area (Å²) in [6.45, 7) is 8.34. The molecule has 0 aliphatic carbocycles. The zero-order valence-corrected chi connectivity index (χ0v) is 13.9. The molecule has 0 saturated heterocycles. The van der Waals surface area contributed by atoms with Gasteiger partial charge in [0.15, 0.2) is 0 Å². The maximum absolute atomic E-state index is 10.1. The Hall–Kier alpha value is -1.51. The Morgan fingerprint density at radius 2 is 1.71 bits per heavy atom. The van der Waals surface area contributed by atoms with Crippen LogP contribution in [0.4, 0.5) is 0 Å². The maximum atomic E-state index is 10.1. The molecule has 120 valence electrons. The van der Waals surface area contributed by atoms with E-state index in [4.69, 9.17) is 10.2 Å². The molecule has 0 radical (unpaired) electrons. The van der Waals surface area contributed by atoms with E-state index < -0.39 is 5.97 Å². The Kier molecular flexibility index (Phi) is 10.4. The molecule has 0 aliphatic rings. The van der Waals surface area contributed by atoms with Gasteiger partial charge in [0.05, 0.1) is 0 Å². The van der Waals surface area contributed by atoms with Crippen LogP contribution in [0.5, 0.6) is 5.75 Å². The van der Waals surface area contributed by atoms with Crippen LogP contribution in [0, 0.1) is 19.8 Å². The van der Waals surface area contributed by atoms with E-state index in [1.807, 2.05) is 26.0 Å². The molecule has 0 unspecified atom stereocenters. The maximum Gasteiger partial charge on any atom is 0.303 e.